The molecule has 148 valence electrons. The average molecular weight is 408 g/mol. The molecule has 0 spiro atoms. The van der Waals surface area contributed by atoms with Crippen LogP contribution in [0.5, 0.6) is 0 Å². The van der Waals surface area contributed by atoms with Gasteiger partial charge < -0.3 is 4.57 Å². The first-order valence-electron chi connectivity index (χ1n) is 9.41. The molecule has 0 radical (unpaired) electrons. The molecule has 0 fully saturated rings. The minimum Gasteiger partial charge on any atom is -0.344 e. The SMILES string of the molecule is CCN1CCc2c(c3cc(Cl)ccc3n2CCc2ccc(C(F)(F)F)nc2)C1. The van der Waals surface area contributed by atoms with Crippen molar-refractivity contribution in [2.75, 3.05) is 13.1 Å². The number of aryl methyl sites for hydroxylation is 2. The summed E-state index contributed by atoms with van der Waals surface area (Å²) in [5.41, 5.74) is 3.70. The molecule has 3 nitrogen and oxygen atoms in total. The van der Waals surface area contributed by atoms with Gasteiger partial charge >= 0.3 is 6.18 Å². The number of benzene rings is 1. The van der Waals surface area contributed by atoms with Crippen LogP contribution in [0.4, 0.5) is 13.2 Å². The van der Waals surface area contributed by atoms with E-state index in [1.165, 1.54) is 28.9 Å². The zero-order valence-electron chi connectivity index (χ0n) is 15.6. The molecule has 0 amide bonds. The molecular formula is C21H21ClF3N3. The zero-order chi connectivity index (χ0) is 19.9. The fourth-order valence-electron chi connectivity index (χ4n) is 3.98. The molecule has 1 aliphatic heterocycles. The number of nitrogens with zero attached hydrogens (tertiary/aromatic N) is 3. The molecule has 0 unspecified atom stereocenters. The second-order valence-corrected chi connectivity index (χ2v) is 7.59. The summed E-state index contributed by atoms with van der Waals surface area (Å²) < 4.78 is 40.4. The molecule has 7 heteroatoms. The third kappa shape index (κ3) is 3.63. The number of fused-ring (bicyclic) bond motifs is 3. The van der Waals surface area contributed by atoms with Crippen molar-refractivity contribution in [1.82, 2.24) is 14.5 Å². The van der Waals surface area contributed by atoms with Gasteiger partial charge in [0.05, 0.1) is 0 Å². The summed E-state index contributed by atoms with van der Waals surface area (Å²) in [7, 11) is 0. The topological polar surface area (TPSA) is 21.1 Å². The Kier molecular flexibility index (Phi) is 5.10. The van der Waals surface area contributed by atoms with Crippen LogP contribution in [0.3, 0.4) is 0 Å². The summed E-state index contributed by atoms with van der Waals surface area (Å²) >= 11 is 6.24. The minimum atomic E-state index is -4.40. The van der Waals surface area contributed by atoms with E-state index in [1.807, 2.05) is 18.2 Å². The second-order valence-electron chi connectivity index (χ2n) is 7.16. The zero-order valence-corrected chi connectivity index (χ0v) is 16.3. The minimum absolute atomic E-state index is 0.626. The van der Waals surface area contributed by atoms with E-state index in [4.69, 9.17) is 11.6 Å². The van der Waals surface area contributed by atoms with Gasteiger partial charge in [-0.15, -0.1) is 0 Å². The van der Waals surface area contributed by atoms with Crippen LogP contribution in [-0.2, 0) is 32.1 Å². The molecule has 0 saturated heterocycles. The maximum Gasteiger partial charge on any atom is 0.433 e. The number of likely N-dealkylation sites (N-methyl/N-ethyl adjacent to an activating group) is 1. The highest BCUT2D eigenvalue weighted by atomic mass is 35.5. The van der Waals surface area contributed by atoms with Crippen LogP contribution in [0.1, 0.15) is 29.4 Å². The van der Waals surface area contributed by atoms with Crippen LogP contribution in [0.25, 0.3) is 10.9 Å². The molecule has 0 aliphatic carbocycles. The van der Waals surface area contributed by atoms with Crippen LogP contribution < -0.4 is 0 Å². The van der Waals surface area contributed by atoms with E-state index in [9.17, 15) is 13.2 Å². The van der Waals surface area contributed by atoms with Crippen molar-refractivity contribution in [3.05, 3.63) is 64.1 Å². The Balaban J connectivity index is 1.64. The smallest absolute Gasteiger partial charge is 0.344 e. The molecule has 4 rings (SSSR count). The van der Waals surface area contributed by atoms with E-state index in [1.54, 1.807) is 0 Å². The van der Waals surface area contributed by atoms with Gasteiger partial charge in [0, 0.05) is 53.9 Å². The van der Waals surface area contributed by atoms with Crippen molar-refractivity contribution in [3.63, 3.8) is 0 Å². The summed E-state index contributed by atoms with van der Waals surface area (Å²) in [5.74, 6) is 0. The Morgan fingerprint density at radius 2 is 2.00 bits per heavy atom. The highest BCUT2D eigenvalue weighted by Crippen LogP contribution is 2.33. The van der Waals surface area contributed by atoms with E-state index < -0.39 is 11.9 Å². The van der Waals surface area contributed by atoms with Gasteiger partial charge in [-0.1, -0.05) is 24.6 Å². The van der Waals surface area contributed by atoms with Crippen molar-refractivity contribution in [2.45, 2.75) is 39.0 Å². The number of halogens is 4. The molecule has 1 aromatic carbocycles. The van der Waals surface area contributed by atoms with Crippen molar-refractivity contribution in [3.8, 4) is 0 Å². The van der Waals surface area contributed by atoms with Crippen molar-refractivity contribution in [1.29, 1.82) is 0 Å². The number of alkyl halides is 3. The maximum absolute atomic E-state index is 12.7. The predicted molar refractivity (Wildman–Crippen MR) is 105 cm³/mol. The van der Waals surface area contributed by atoms with Crippen molar-refractivity contribution in [2.24, 2.45) is 0 Å². The molecule has 3 heterocycles. The molecule has 0 saturated carbocycles. The predicted octanol–water partition coefficient (Wildman–Crippen LogP) is 5.33. The first kappa shape index (κ1) is 19.3. The van der Waals surface area contributed by atoms with Crippen molar-refractivity contribution < 1.29 is 13.2 Å². The third-order valence-corrected chi connectivity index (χ3v) is 5.72. The molecule has 28 heavy (non-hydrogen) atoms. The van der Waals surface area contributed by atoms with E-state index >= 15 is 0 Å². The average Bonchev–Trinajstić information content (AvgIpc) is 2.98. The van der Waals surface area contributed by atoms with E-state index in [2.05, 4.69) is 21.4 Å². The summed E-state index contributed by atoms with van der Waals surface area (Å²) in [4.78, 5) is 5.98. The van der Waals surface area contributed by atoms with Gasteiger partial charge in [-0.2, -0.15) is 13.2 Å². The highest BCUT2D eigenvalue weighted by molar-refractivity contribution is 6.31. The number of hydrogen-bond acceptors (Lipinski definition) is 2. The molecule has 2 aromatic heterocycles. The number of aromatic nitrogens is 2. The molecule has 0 N–H and O–H groups in total. The highest BCUT2D eigenvalue weighted by Gasteiger charge is 2.32. The van der Waals surface area contributed by atoms with Crippen LogP contribution in [-0.4, -0.2) is 27.5 Å². The number of pyridine rings is 1. The Morgan fingerprint density at radius 3 is 2.68 bits per heavy atom. The lowest BCUT2D eigenvalue weighted by Gasteiger charge is -2.27. The Labute approximate surface area is 166 Å². The van der Waals surface area contributed by atoms with Crippen LogP contribution in [0.15, 0.2) is 36.5 Å². The fraction of sp³-hybridized carbons (Fsp3) is 0.381. The van der Waals surface area contributed by atoms with Gasteiger partial charge in [0.25, 0.3) is 0 Å². The Bertz CT molecular complexity index is 993. The second kappa shape index (κ2) is 7.41. The molecule has 1 aliphatic rings. The monoisotopic (exact) mass is 407 g/mol. The Hall–Kier alpha value is -2.05. The van der Waals surface area contributed by atoms with Gasteiger partial charge in [-0.05, 0) is 48.4 Å². The third-order valence-electron chi connectivity index (χ3n) is 5.48. The van der Waals surface area contributed by atoms with E-state index in [0.29, 0.717) is 18.0 Å². The van der Waals surface area contributed by atoms with Crippen LogP contribution >= 0.6 is 11.6 Å². The van der Waals surface area contributed by atoms with E-state index in [0.717, 1.165) is 43.2 Å². The fourth-order valence-corrected chi connectivity index (χ4v) is 4.16. The summed E-state index contributed by atoms with van der Waals surface area (Å²) in [6.07, 6.45) is -1.49. The molecule has 3 aromatic rings. The van der Waals surface area contributed by atoms with Crippen molar-refractivity contribution >= 4 is 22.5 Å². The molecule has 0 atom stereocenters. The van der Waals surface area contributed by atoms with Gasteiger partial charge in [0.1, 0.15) is 5.69 Å². The van der Waals surface area contributed by atoms with Crippen LogP contribution in [0.2, 0.25) is 5.02 Å². The van der Waals surface area contributed by atoms with Gasteiger partial charge in [0.15, 0.2) is 0 Å². The number of rotatable bonds is 4. The summed E-state index contributed by atoms with van der Waals surface area (Å²) in [6.45, 7) is 5.78. The largest absolute Gasteiger partial charge is 0.433 e. The standard InChI is InChI=1S/C21H21ClF3N3/c1-2-27-9-8-19-17(13-27)16-11-15(22)4-5-18(16)28(19)10-7-14-3-6-20(26-12-14)21(23,24)25/h3-6,11-12H,2,7-10,13H2,1H3. The lowest BCUT2D eigenvalue weighted by atomic mass is 10.0. The van der Waals surface area contributed by atoms with Gasteiger partial charge in [0.2, 0.25) is 0 Å². The lowest BCUT2D eigenvalue weighted by molar-refractivity contribution is -0.141. The summed E-state index contributed by atoms with van der Waals surface area (Å²) in [5, 5.41) is 1.89. The van der Waals surface area contributed by atoms with Gasteiger partial charge in [-0.25, -0.2) is 0 Å². The molecule has 0 bridgehead atoms. The van der Waals surface area contributed by atoms with E-state index in [-0.39, 0.29) is 0 Å². The van der Waals surface area contributed by atoms with Gasteiger partial charge in [-0.3, -0.25) is 9.88 Å². The Morgan fingerprint density at radius 1 is 1.18 bits per heavy atom. The maximum atomic E-state index is 12.7. The van der Waals surface area contributed by atoms with Crippen LogP contribution in [0, 0.1) is 0 Å². The normalized spacial score (nSPS) is 15.2. The first-order valence-corrected chi connectivity index (χ1v) is 9.78. The summed E-state index contributed by atoms with van der Waals surface area (Å²) in [6, 6.07) is 8.52. The quantitative estimate of drug-likeness (QED) is 0.583. The first-order chi connectivity index (χ1) is 13.4. The number of hydrogen-bond donors (Lipinski definition) is 0. The molecular weight excluding hydrogens is 387 g/mol. The lowest BCUT2D eigenvalue weighted by Crippen LogP contribution is -2.30.